The first-order valence-electron chi connectivity index (χ1n) is 10.5. The molecule has 0 saturated carbocycles. The van der Waals surface area contributed by atoms with Crippen molar-refractivity contribution >= 4 is 34.0 Å². The van der Waals surface area contributed by atoms with Crippen LogP contribution in [0.5, 0.6) is 0 Å². The molecule has 0 aliphatic carbocycles. The largest absolute Gasteiger partial charge is 0.363 e. The molecular weight excluding hydrogens is 410 g/mol. The van der Waals surface area contributed by atoms with Crippen LogP contribution >= 0.6 is 11.3 Å². The monoisotopic (exact) mass is 437 g/mol. The molecule has 8 heteroatoms. The normalized spacial score (nSPS) is 15.8. The average molecular weight is 438 g/mol. The highest BCUT2D eigenvalue weighted by Gasteiger charge is 2.28. The van der Waals surface area contributed by atoms with Crippen LogP contribution in [-0.2, 0) is 11.3 Å². The molecule has 0 bridgehead atoms. The van der Waals surface area contributed by atoms with Crippen LogP contribution in [0.15, 0.2) is 54.0 Å². The van der Waals surface area contributed by atoms with Gasteiger partial charge in [-0.1, -0.05) is 18.2 Å². The SMILES string of the molecule is CN(C)C(=O)CCn1cccc1C(=O)Nc1nc(C2CCCN2c2ccccc2)cs1. The fourth-order valence-corrected chi connectivity index (χ4v) is 4.67. The van der Waals surface area contributed by atoms with E-state index >= 15 is 0 Å². The number of thiazole rings is 1. The number of hydrogen-bond acceptors (Lipinski definition) is 5. The number of amides is 2. The zero-order chi connectivity index (χ0) is 21.8. The van der Waals surface area contributed by atoms with Crippen molar-refractivity contribution < 1.29 is 9.59 Å². The first-order valence-corrected chi connectivity index (χ1v) is 11.3. The molecule has 1 aliphatic heterocycles. The fraction of sp³-hybridized carbons (Fsp3) is 0.348. The zero-order valence-corrected chi connectivity index (χ0v) is 18.6. The average Bonchev–Trinajstić information content (AvgIpc) is 3.52. The topological polar surface area (TPSA) is 70.5 Å². The van der Waals surface area contributed by atoms with Crippen LogP contribution < -0.4 is 10.2 Å². The standard InChI is InChI=1S/C23H27N5O2S/c1-26(2)21(29)12-15-27-13-6-11-20(27)22(30)25-23-24-18(16-31-23)19-10-7-14-28(19)17-8-4-3-5-9-17/h3-6,8-9,11,13,16,19H,7,10,12,14-15H2,1-2H3,(H,24,25,30). The Labute approximate surface area is 186 Å². The summed E-state index contributed by atoms with van der Waals surface area (Å²) in [6.45, 7) is 1.47. The van der Waals surface area contributed by atoms with E-state index in [0.717, 1.165) is 25.1 Å². The van der Waals surface area contributed by atoms with Crippen molar-refractivity contribution in [1.82, 2.24) is 14.5 Å². The number of hydrogen-bond donors (Lipinski definition) is 1. The lowest BCUT2D eigenvalue weighted by Crippen LogP contribution is -2.24. The van der Waals surface area contributed by atoms with Crippen LogP contribution in [0.2, 0.25) is 0 Å². The number of para-hydroxylation sites is 1. The van der Waals surface area contributed by atoms with Gasteiger partial charge in [-0.25, -0.2) is 4.98 Å². The van der Waals surface area contributed by atoms with E-state index in [9.17, 15) is 9.59 Å². The summed E-state index contributed by atoms with van der Waals surface area (Å²) < 4.78 is 1.80. The predicted molar refractivity (Wildman–Crippen MR) is 124 cm³/mol. The van der Waals surface area contributed by atoms with E-state index in [-0.39, 0.29) is 17.9 Å². The number of benzene rings is 1. The molecular formula is C23H27N5O2S. The summed E-state index contributed by atoms with van der Waals surface area (Å²) in [7, 11) is 3.46. The number of carbonyl (C=O) groups is 2. The van der Waals surface area contributed by atoms with Gasteiger partial charge in [-0.3, -0.25) is 14.9 Å². The van der Waals surface area contributed by atoms with Gasteiger partial charge in [-0.05, 0) is 37.1 Å². The quantitative estimate of drug-likeness (QED) is 0.606. The predicted octanol–water partition coefficient (Wildman–Crippen LogP) is 4.02. The van der Waals surface area contributed by atoms with Gasteiger partial charge in [0.15, 0.2) is 5.13 Å². The molecule has 0 spiro atoms. The highest BCUT2D eigenvalue weighted by atomic mass is 32.1. The van der Waals surface area contributed by atoms with Crippen LogP contribution in [-0.4, -0.2) is 46.9 Å². The molecule has 4 rings (SSSR count). The summed E-state index contributed by atoms with van der Waals surface area (Å²) in [6, 6.07) is 14.2. The van der Waals surface area contributed by atoms with E-state index in [1.54, 1.807) is 29.6 Å². The Morgan fingerprint density at radius 2 is 2.00 bits per heavy atom. The number of carbonyl (C=O) groups excluding carboxylic acids is 2. The molecule has 7 nitrogen and oxygen atoms in total. The van der Waals surface area contributed by atoms with Gasteiger partial charge in [0.2, 0.25) is 5.91 Å². The van der Waals surface area contributed by atoms with E-state index in [2.05, 4.69) is 34.5 Å². The maximum atomic E-state index is 12.8. The van der Waals surface area contributed by atoms with E-state index in [4.69, 9.17) is 4.98 Å². The number of aryl methyl sites for hydroxylation is 1. The van der Waals surface area contributed by atoms with E-state index < -0.39 is 0 Å². The molecule has 2 amide bonds. The van der Waals surface area contributed by atoms with Gasteiger partial charge in [0.1, 0.15) is 5.69 Å². The minimum absolute atomic E-state index is 0.0316. The number of nitrogens with one attached hydrogen (secondary N) is 1. The molecule has 0 radical (unpaired) electrons. The maximum Gasteiger partial charge on any atom is 0.274 e. The van der Waals surface area contributed by atoms with Gasteiger partial charge in [0.05, 0.1) is 11.7 Å². The molecule has 1 atom stereocenters. The van der Waals surface area contributed by atoms with Crippen molar-refractivity contribution in [2.75, 3.05) is 30.9 Å². The van der Waals surface area contributed by atoms with Gasteiger partial charge in [0.25, 0.3) is 5.91 Å². The van der Waals surface area contributed by atoms with Crippen molar-refractivity contribution in [3.63, 3.8) is 0 Å². The molecule has 1 saturated heterocycles. The summed E-state index contributed by atoms with van der Waals surface area (Å²) >= 11 is 1.45. The third-order valence-corrected chi connectivity index (χ3v) is 6.33. The van der Waals surface area contributed by atoms with Crippen molar-refractivity contribution in [3.8, 4) is 0 Å². The molecule has 1 N–H and O–H groups in total. The minimum atomic E-state index is -0.213. The molecule has 1 fully saturated rings. The Hall–Kier alpha value is -3.13. The van der Waals surface area contributed by atoms with Gasteiger partial charge in [-0.2, -0.15) is 0 Å². The molecule has 2 aromatic heterocycles. The lowest BCUT2D eigenvalue weighted by atomic mass is 10.1. The van der Waals surface area contributed by atoms with Crippen LogP contribution in [0.25, 0.3) is 0 Å². The summed E-state index contributed by atoms with van der Waals surface area (Å²) in [5.74, 6) is -0.182. The summed E-state index contributed by atoms with van der Waals surface area (Å²) in [4.78, 5) is 33.3. The number of nitrogens with zero attached hydrogens (tertiary/aromatic N) is 4. The second-order valence-corrected chi connectivity index (χ2v) is 8.70. The molecule has 3 heterocycles. The number of rotatable bonds is 7. The molecule has 1 aliphatic rings. The van der Waals surface area contributed by atoms with Crippen molar-refractivity contribution in [1.29, 1.82) is 0 Å². The van der Waals surface area contributed by atoms with Crippen LogP contribution in [0, 0.1) is 0 Å². The Bertz CT molecular complexity index is 1040. The third kappa shape index (κ3) is 4.80. The maximum absolute atomic E-state index is 12.8. The van der Waals surface area contributed by atoms with E-state index in [1.807, 2.05) is 23.7 Å². The van der Waals surface area contributed by atoms with Gasteiger partial charge >= 0.3 is 0 Å². The first kappa shape index (κ1) is 21.1. The van der Waals surface area contributed by atoms with Gasteiger partial charge < -0.3 is 14.4 Å². The molecule has 3 aromatic rings. The number of aromatic nitrogens is 2. The minimum Gasteiger partial charge on any atom is -0.363 e. The summed E-state index contributed by atoms with van der Waals surface area (Å²) in [5, 5.41) is 5.56. The molecule has 162 valence electrons. The highest BCUT2D eigenvalue weighted by molar-refractivity contribution is 7.14. The van der Waals surface area contributed by atoms with Crippen molar-refractivity contribution in [3.05, 3.63) is 65.4 Å². The van der Waals surface area contributed by atoms with E-state index in [0.29, 0.717) is 23.8 Å². The number of anilines is 2. The fourth-order valence-electron chi connectivity index (χ4n) is 3.92. The Morgan fingerprint density at radius 1 is 1.19 bits per heavy atom. The first-order chi connectivity index (χ1) is 15.0. The summed E-state index contributed by atoms with van der Waals surface area (Å²) in [5.41, 5.74) is 2.72. The second kappa shape index (κ2) is 9.34. The van der Waals surface area contributed by atoms with Crippen LogP contribution in [0.3, 0.4) is 0 Å². The van der Waals surface area contributed by atoms with Crippen LogP contribution in [0.4, 0.5) is 10.8 Å². The molecule has 1 unspecified atom stereocenters. The molecule has 31 heavy (non-hydrogen) atoms. The Kier molecular flexibility index (Phi) is 6.36. The lowest BCUT2D eigenvalue weighted by molar-refractivity contribution is -0.128. The Balaban J connectivity index is 1.42. The van der Waals surface area contributed by atoms with Crippen molar-refractivity contribution in [2.24, 2.45) is 0 Å². The zero-order valence-electron chi connectivity index (χ0n) is 17.8. The second-order valence-electron chi connectivity index (χ2n) is 7.84. The Morgan fingerprint density at radius 3 is 2.77 bits per heavy atom. The van der Waals surface area contributed by atoms with Crippen LogP contribution in [0.1, 0.15) is 41.5 Å². The molecule has 1 aromatic carbocycles. The lowest BCUT2D eigenvalue weighted by Gasteiger charge is -2.25. The third-order valence-electron chi connectivity index (χ3n) is 5.55. The highest BCUT2D eigenvalue weighted by Crippen LogP contribution is 2.37. The van der Waals surface area contributed by atoms with Gasteiger partial charge in [0, 0.05) is 50.9 Å². The van der Waals surface area contributed by atoms with Crippen molar-refractivity contribution in [2.45, 2.75) is 31.8 Å². The van der Waals surface area contributed by atoms with Gasteiger partial charge in [-0.15, -0.1) is 11.3 Å². The van der Waals surface area contributed by atoms with E-state index in [1.165, 1.54) is 17.0 Å². The smallest absolute Gasteiger partial charge is 0.274 e. The summed E-state index contributed by atoms with van der Waals surface area (Å²) in [6.07, 6.45) is 4.34.